The molecule has 1 aliphatic heterocycles. The molecule has 1 heterocycles. The van der Waals surface area contributed by atoms with Gasteiger partial charge in [-0.15, -0.1) is 24.0 Å². The number of benzene rings is 1. The third kappa shape index (κ3) is 7.06. The van der Waals surface area contributed by atoms with Crippen LogP contribution in [0.3, 0.4) is 0 Å². The molecule has 5 nitrogen and oxygen atoms in total. The van der Waals surface area contributed by atoms with Crippen molar-refractivity contribution in [2.24, 2.45) is 4.99 Å². The minimum absolute atomic E-state index is 0. The fraction of sp³-hybridized carbons (Fsp3) is 0.632. The van der Waals surface area contributed by atoms with E-state index in [4.69, 9.17) is 14.5 Å². The fourth-order valence-corrected chi connectivity index (χ4v) is 4.17. The van der Waals surface area contributed by atoms with Crippen LogP contribution in [0, 0.1) is 0 Å². The highest BCUT2D eigenvalue weighted by Gasteiger charge is 2.29. The Morgan fingerprint density at radius 1 is 1.27 bits per heavy atom. The van der Waals surface area contributed by atoms with Crippen LogP contribution >= 0.6 is 35.7 Å². The molecule has 1 unspecified atom stereocenters. The van der Waals surface area contributed by atoms with Crippen molar-refractivity contribution in [1.82, 2.24) is 10.6 Å². The first-order chi connectivity index (χ1) is 12.1. The summed E-state index contributed by atoms with van der Waals surface area (Å²) < 4.78 is 11.0. The Balaban J connectivity index is 0.00000338. The predicted octanol–water partition coefficient (Wildman–Crippen LogP) is 3.71. The second-order valence-electron chi connectivity index (χ2n) is 6.45. The van der Waals surface area contributed by atoms with Crippen molar-refractivity contribution in [2.45, 2.75) is 37.9 Å². The molecule has 2 rings (SSSR count). The Kier molecular flexibility index (Phi) is 10.5. The smallest absolute Gasteiger partial charge is 0.191 e. The molecule has 1 aromatic rings. The van der Waals surface area contributed by atoms with E-state index in [1.165, 1.54) is 18.6 Å². The van der Waals surface area contributed by atoms with Crippen molar-refractivity contribution < 1.29 is 9.47 Å². The van der Waals surface area contributed by atoms with Gasteiger partial charge in [-0.25, -0.2) is 0 Å². The van der Waals surface area contributed by atoms with Crippen LogP contribution in [0.5, 0.6) is 11.5 Å². The van der Waals surface area contributed by atoms with E-state index in [0.29, 0.717) is 4.75 Å². The zero-order valence-electron chi connectivity index (χ0n) is 16.3. The lowest BCUT2D eigenvalue weighted by atomic mass is 10.1. The van der Waals surface area contributed by atoms with Crippen molar-refractivity contribution in [3.8, 4) is 11.5 Å². The van der Waals surface area contributed by atoms with Gasteiger partial charge in [-0.05, 0) is 62.6 Å². The number of nitrogens with one attached hydrogen (secondary N) is 2. The summed E-state index contributed by atoms with van der Waals surface area (Å²) in [4.78, 5) is 4.79. The Hall–Kier alpha value is -0.830. The summed E-state index contributed by atoms with van der Waals surface area (Å²) in [5.41, 5.74) is 1.13. The molecule has 1 aromatic carbocycles. The number of rotatable bonds is 8. The molecule has 0 amide bonds. The number of hydrogen-bond acceptors (Lipinski definition) is 4. The van der Waals surface area contributed by atoms with Gasteiger partial charge in [-0.1, -0.05) is 0 Å². The lowest BCUT2D eigenvalue weighted by Crippen LogP contribution is -2.39. The highest BCUT2D eigenvalue weighted by Crippen LogP contribution is 2.37. The Morgan fingerprint density at radius 2 is 2.08 bits per heavy atom. The molecule has 0 aliphatic carbocycles. The average Bonchev–Trinajstić information content (AvgIpc) is 3.06. The maximum absolute atomic E-state index is 5.45. The Morgan fingerprint density at radius 3 is 2.69 bits per heavy atom. The molecule has 0 spiro atoms. The SMILES string of the molecule is CCNC(=NCC1(C)CCCS1)NCCc1cc(OC)ccc1OC.I. The maximum atomic E-state index is 5.45. The molecule has 2 N–H and O–H groups in total. The first kappa shape index (κ1) is 23.2. The summed E-state index contributed by atoms with van der Waals surface area (Å²) in [6, 6.07) is 5.90. The summed E-state index contributed by atoms with van der Waals surface area (Å²) in [5, 5.41) is 6.77. The molecule has 0 bridgehead atoms. The number of methoxy groups -OCH3 is 2. The van der Waals surface area contributed by atoms with Gasteiger partial charge in [0, 0.05) is 17.8 Å². The molecule has 7 heteroatoms. The summed E-state index contributed by atoms with van der Waals surface area (Å²) in [7, 11) is 3.38. The number of thioether (sulfide) groups is 1. The second kappa shape index (κ2) is 11.8. The molecular weight excluding hydrogens is 461 g/mol. The van der Waals surface area contributed by atoms with Gasteiger partial charge in [0.2, 0.25) is 0 Å². The third-order valence-electron chi connectivity index (χ3n) is 4.39. The highest BCUT2D eigenvalue weighted by molar-refractivity contribution is 14.0. The van der Waals surface area contributed by atoms with Crippen molar-refractivity contribution in [2.75, 3.05) is 39.6 Å². The minimum atomic E-state index is 0. The molecule has 26 heavy (non-hydrogen) atoms. The quantitative estimate of drug-likeness (QED) is 0.329. The molecule has 1 saturated heterocycles. The van der Waals surface area contributed by atoms with Gasteiger partial charge in [0.1, 0.15) is 11.5 Å². The monoisotopic (exact) mass is 493 g/mol. The first-order valence-electron chi connectivity index (χ1n) is 8.97. The molecule has 1 atom stereocenters. The zero-order valence-corrected chi connectivity index (χ0v) is 19.4. The summed E-state index contributed by atoms with van der Waals surface area (Å²) in [6.07, 6.45) is 3.40. The van der Waals surface area contributed by atoms with Gasteiger partial charge in [-0.3, -0.25) is 4.99 Å². The predicted molar refractivity (Wildman–Crippen MR) is 123 cm³/mol. The lowest BCUT2D eigenvalue weighted by Gasteiger charge is -2.21. The topological polar surface area (TPSA) is 54.9 Å². The zero-order chi connectivity index (χ0) is 18.1. The Labute approximate surface area is 179 Å². The number of nitrogens with zero attached hydrogens (tertiary/aromatic N) is 1. The maximum Gasteiger partial charge on any atom is 0.191 e. The van der Waals surface area contributed by atoms with E-state index in [-0.39, 0.29) is 24.0 Å². The van der Waals surface area contributed by atoms with Crippen LogP contribution in [-0.2, 0) is 6.42 Å². The molecule has 0 aromatic heterocycles. The van der Waals surface area contributed by atoms with E-state index >= 15 is 0 Å². The second-order valence-corrected chi connectivity index (χ2v) is 8.13. The molecule has 0 saturated carbocycles. The fourth-order valence-electron chi connectivity index (χ4n) is 2.94. The first-order valence-corrected chi connectivity index (χ1v) is 9.96. The standard InChI is InChI=1S/C19H31N3O2S.HI/c1-5-20-18(22-14-19(2)10-6-12-25-19)21-11-9-15-13-16(23-3)7-8-17(15)24-4;/h7-8,13H,5-6,9-12,14H2,1-4H3,(H2,20,21,22);1H. The van der Waals surface area contributed by atoms with E-state index in [9.17, 15) is 0 Å². The number of hydrogen-bond donors (Lipinski definition) is 2. The normalized spacial score (nSPS) is 19.6. The van der Waals surface area contributed by atoms with Crippen LogP contribution in [0.2, 0.25) is 0 Å². The third-order valence-corrected chi connectivity index (χ3v) is 5.91. The molecule has 148 valence electrons. The Bertz CT molecular complexity index is 578. The van der Waals surface area contributed by atoms with Crippen molar-refractivity contribution in [3.63, 3.8) is 0 Å². The van der Waals surface area contributed by atoms with Gasteiger partial charge in [0.05, 0.1) is 20.8 Å². The van der Waals surface area contributed by atoms with E-state index < -0.39 is 0 Å². The largest absolute Gasteiger partial charge is 0.497 e. The van der Waals surface area contributed by atoms with Crippen LogP contribution < -0.4 is 20.1 Å². The highest BCUT2D eigenvalue weighted by atomic mass is 127. The van der Waals surface area contributed by atoms with E-state index in [1.807, 2.05) is 30.0 Å². The van der Waals surface area contributed by atoms with Crippen molar-refractivity contribution >= 4 is 41.7 Å². The van der Waals surface area contributed by atoms with Crippen LogP contribution in [0.1, 0.15) is 32.3 Å². The molecule has 0 radical (unpaired) electrons. The van der Waals surface area contributed by atoms with E-state index in [1.54, 1.807) is 14.2 Å². The van der Waals surface area contributed by atoms with Gasteiger partial charge in [0.15, 0.2) is 5.96 Å². The van der Waals surface area contributed by atoms with Gasteiger partial charge >= 0.3 is 0 Å². The van der Waals surface area contributed by atoms with Crippen LogP contribution in [0.15, 0.2) is 23.2 Å². The van der Waals surface area contributed by atoms with Crippen LogP contribution in [0.25, 0.3) is 0 Å². The summed E-state index contributed by atoms with van der Waals surface area (Å²) in [5.74, 6) is 3.88. The number of halogens is 1. The minimum Gasteiger partial charge on any atom is -0.497 e. The van der Waals surface area contributed by atoms with E-state index in [0.717, 1.165) is 49.1 Å². The average molecular weight is 493 g/mol. The van der Waals surface area contributed by atoms with Crippen molar-refractivity contribution in [3.05, 3.63) is 23.8 Å². The van der Waals surface area contributed by atoms with Gasteiger partial charge in [0.25, 0.3) is 0 Å². The lowest BCUT2D eigenvalue weighted by molar-refractivity contribution is 0.398. The van der Waals surface area contributed by atoms with E-state index in [2.05, 4.69) is 24.5 Å². The number of aliphatic imine (C=N–C) groups is 1. The molecule has 1 fully saturated rings. The molecular formula is C19H32IN3O2S. The summed E-state index contributed by atoms with van der Waals surface area (Å²) in [6.45, 7) is 6.92. The molecule has 1 aliphatic rings. The van der Waals surface area contributed by atoms with Crippen LogP contribution in [0.4, 0.5) is 0 Å². The number of guanidine groups is 1. The summed E-state index contributed by atoms with van der Waals surface area (Å²) >= 11 is 2.04. The van der Waals surface area contributed by atoms with Gasteiger partial charge in [-0.2, -0.15) is 11.8 Å². The number of ether oxygens (including phenoxy) is 2. The van der Waals surface area contributed by atoms with Gasteiger partial charge < -0.3 is 20.1 Å². The van der Waals surface area contributed by atoms with Crippen LogP contribution in [-0.4, -0.2) is 50.3 Å². The van der Waals surface area contributed by atoms with Crippen molar-refractivity contribution in [1.29, 1.82) is 0 Å².